The van der Waals surface area contributed by atoms with Gasteiger partial charge in [0.25, 0.3) is 0 Å². The molecule has 0 aromatic heterocycles. The SMILES string of the molecule is O=S(=O)([O-])[O-].O=S(=O)([O-])[O-].[Fe+2].[Fe+3]. The number of rotatable bonds is 0. The number of hydrogen-bond acceptors (Lipinski definition) is 8. The smallest absolute Gasteiger partial charge is 0.759 e. The van der Waals surface area contributed by atoms with Crippen LogP contribution in [0.1, 0.15) is 0 Å². The Bertz CT molecular complexity index is 211. The molecule has 12 heteroatoms. The summed E-state index contributed by atoms with van der Waals surface area (Å²) in [5.74, 6) is 0. The van der Waals surface area contributed by atoms with Crippen LogP contribution in [-0.2, 0) is 54.9 Å². The van der Waals surface area contributed by atoms with Crippen molar-refractivity contribution in [3.63, 3.8) is 0 Å². The van der Waals surface area contributed by atoms with Crippen molar-refractivity contribution >= 4 is 20.8 Å². The van der Waals surface area contributed by atoms with E-state index in [1.807, 2.05) is 0 Å². The van der Waals surface area contributed by atoms with E-state index in [4.69, 9.17) is 35.0 Å². The second-order valence-corrected chi connectivity index (χ2v) is 2.45. The minimum absolute atomic E-state index is 0. The van der Waals surface area contributed by atoms with Gasteiger partial charge in [-0.1, -0.05) is 0 Å². The molecule has 0 heterocycles. The Morgan fingerprint density at radius 3 is 0.667 bits per heavy atom. The molecule has 1 radical (unpaired) electrons. The Hall–Kier alpha value is 0.779. The molecule has 0 spiro atoms. The van der Waals surface area contributed by atoms with Crippen LogP contribution in [0.2, 0.25) is 0 Å². The maximum absolute atomic E-state index is 8.52. The van der Waals surface area contributed by atoms with Gasteiger partial charge in [-0.05, 0) is 0 Å². The van der Waals surface area contributed by atoms with E-state index in [2.05, 4.69) is 0 Å². The molecule has 0 rings (SSSR count). The number of hydrogen-bond donors (Lipinski definition) is 0. The van der Waals surface area contributed by atoms with Gasteiger partial charge in [-0.3, -0.25) is 16.8 Å². The fourth-order valence-corrected chi connectivity index (χ4v) is 0. The molecule has 0 aliphatic heterocycles. The molecule has 8 nitrogen and oxygen atoms in total. The zero-order chi connectivity index (χ0) is 9.00. The maximum atomic E-state index is 8.52. The molecule has 0 aromatic carbocycles. The van der Waals surface area contributed by atoms with Crippen LogP contribution in [0.3, 0.4) is 0 Å². The first-order valence-corrected chi connectivity index (χ1v) is 4.00. The van der Waals surface area contributed by atoms with Gasteiger partial charge >= 0.3 is 34.1 Å². The van der Waals surface area contributed by atoms with Gasteiger partial charge in [0.1, 0.15) is 0 Å². The minimum atomic E-state index is -5.17. The molecule has 0 bridgehead atoms. The van der Waals surface area contributed by atoms with Gasteiger partial charge in [-0.25, -0.2) is 0 Å². The summed E-state index contributed by atoms with van der Waals surface area (Å²) >= 11 is 0. The quantitative estimate of drug-likeness (QED) is 0.265. The van der Waals surface area contributed by atoms with Crippen molar-refractivity contribution in [2.75, 3.05) is 0 Å². The van der Waals surface area contributed by atoms with Gasteiger partial charge in [0.2, 0.25) is 0 Å². The van der Waals surface area contributed by atoms with Gasteiger partial charge in [-0.2, -0.15) is 0 Å². The average molecular weight is 304 g/mol. The third-order valence-corrected chi connectivity index (χ3v) is 0. The van der Waals surface area contributed by atoms with E-state index in [-0.39, 0.29) is 34.1 Å². The molecule has 0 aromatic rings. The van der Waals surface area contributed by atoms with Crippen molar-refractivity contribution in [1.82, 2.24) is 0 Å². The third-order valence-electron chi connectivity index (χ3n) is 0. The van der Waals surface area contributed by atoms with E-state index >= 15 is 0 Å². The average Bonchev–Trinajstić information content (AvgIpc) is 1.12. The van der Waals surface area contributed by atoms with E-state index in [0.717, 1.165) is 0 Å². The Kier molecular flexibility index (Phi) is 16.1. The molecular formula is Fe2O8S2+. The second kappa shape index (κ2) is 8.38. The van der Waals surface area contributed by atoms with Gasteiger partial charge in [-0.15, -0.1) is 0 Å². The second-order valence-electron chi connectivity index (χ2n) is 0.816. The zero-order valence-corrected chi connectivity index (χ0v) is 8.63. The summed E-state index contributed by atoms with van der Waals surface area (Å²) in [5, 5.41) is 0. The molecule has 0 saturated heterocycles. The summed E-state index contributed by atoms with van der Waals surface area (Å²) in [5.41, 5.74) is 0. The van der Waals surface area contributed by atoms with Crippen LogP contribution < -0.4 is 0 Å². The van der Waals surface area contributed by atoms with Gasteiger partial charge in [0, 0.05) is 20.8 Å². The fourth-order valence-electron chi connectivity index (χ4n) is 0. The molecule has 0 fully saturated rings. The van der Waals surface area contributed by atoms with Crippen molar-refractivity contribution in [3.8, 4) is 0 Å². The molecule has 12 heavy (non-hydrogen) atoms. The summed E-state index contributed by atoms with van der Waals surface area (Å²) in [6.45, 7) is 0. The zero-order valence-electron chi connectivity index (χ0n) is 4.79. The summed E-state index contributed by atoms with van der Waals surface area (Å²) in [4.78, 5) is 0. The molecular weight excluding hydrogens is 304 g/mol. The summed E-state index contributed by atoms with van der Waals surface area (Å²) in [6.07, 6.45) is 0. The molecule has 0 amide bonds. The van der Waals surface area contributed by atoms with Crippen molar-refractivity contribution in [2.45, 2.75) is 0 Å². The van der Waals surface area contributed by atoms with E-state index in [0.29, 0.717) is 0 Å². The Morgan fingerprint density at radius 1 is 0.667 bits per heavy atom. The van der Waals surface area contributed by atoms with Crippen molar-refractivity contribution < 1.29 is 69.2 Å². The summed E-state index contributed by atoms with van der Waals surface area (Å²) in [6, 6.07) is 0. The van der Waals surface area contributed by atoms with E-state index in [9.17, 15) is 0 Å². The van der Waals surface area contributed by atoms with Crippen LogP contribution in [0.25, 0.3) is 0 Å². The molecule has 0 aliphatic carbocycles. The summed E-state index contributed by atoms with van der Waals surface area (Å²) in [7, 11) is -10.3. The third kappa shape index (κ3) is 1700. The first-order chi connectivity index (χ1) is 4.00. The first-order valence-electron chi connectivity index (χ1n) is 1.33. The fraction of sp³-hybridized carbons (Fsp3) is 0. The monoisotopic (exact) mass is 304 g/mol. The predicted octanol–water partition coefficient (Wildman–Crippen LogP) is -2.68. The molecule has 75 valence electrons. The van der Waals surface area contributed by atoms with Gasteiger partial charge in [0.05, 0.1) is 0 Å². The maximum Gasteiger partial charge on any atom is 3.00 e. The van der Waals surface area contributed by atoms with Crippen LogP contribution >= 0.6 is 0 Å². The van der Waals surface area contributed by atoms with Crippen LogP contribution in [0.15, 0.2) is 0 Å². The Morgan fingerprint density at radius 2 is 0.667 bits per heavy atom. The minimum Gasteiger partial charge on any atom is -0.759 e. The van der Waals surface area contributed by atoms with E-state index in [1.165, 1.54) is 0 Å². The van der Waals surface area contributed by atoms with Crippen LogP contribution in [0, 0.1) is 0 Å². The Labute approximate surface area is 89.8 Å². The predicted molar refractivity (Wildman–Crippen MR) is 20.9 cm³/mol. The van der Waals surface area contributed by atoms with Gasteiger partial charge in [0.15, 0.2) is 0 Å². The standard InChI is InChI=1S/2Fe.2H2O4S/c;;2*1-5(2,3)4/h;;2*(H2,1,2,3,4)/q+2;+3;;/p-4. The van der Waals surface area contributed by atoms with Crippen LogP contribution in [0.4, 0.5) is 0 Å². The molecule has 0 unspecified atom stereocenters. The van der Waals surface area contributed by atoms with Crippen LogP contribution in [0.5, 0.6) is 0 Å². The first kappa shape index (κ1) is 23.0. The van der Waals surface area contributed by atoms with Crippen molar-refractivity contribution in [3.05, 3.63) is 0 Å². The van der Waals surface area contributed by atoms with Crippen molar-refractivity contribution in [2.24, 2.45) is 0 Å². The molecule has 0 aliphatic rings. The van der Waals surface area contributed by atoms with E-state index < -0.39 is 20.8 Å². The Balaban J connectivity index is -0.0000000457. The van der Waals surface area contributed by atoms with Crippen molar-refractivity contribution in [1.29, 1.82) is 0 Å². The normalized spacial score (nSPS) is 9.67. The van der Waals surface area contributed by atoms with Gasteiger partial charge < -0.3 is 18.2 Å². The summed E-state index contributed by atoms with van der Waals surface area (Å²) < 4.78 is 68.2. The van der Waals surface area contributed by atoms with Crippen LogP contribution in [-0.4, -0.2) is 35.0 Å². The van der Waals surface area contributed by atoms with E-state index in [1.54, 1.807) is 0 Å². The molecule has 0 atom stereocenters. The topological polar surface area (TPSA) is 161 Å². The largest absolute Gasteiger partial charge is 3.00 e. The molecule has 0 saturated carbocycles. The molecule has 0 N–H and O–H groups in total.